The van der Waals surface area contributed by atoms with Gasteiger partial charge < -0.3 is 9.47 Å². The van der Waals surface area contributed by atoms with E-state index < -0.39 is 0 Å². The number of amides is 1. The van der Waals surface area contributed by atoms with Crippen molar-refractivity contribution in [2.75, 3.05) is 19.2 Å². The van der Waals surface area contributed by atoms with Gasteiger partial charge in [-0.2, -0.15) is 0 Å². The van der Waals surface area contributed by atoms with Crippen LogP contribution in [0.2, 0.25) is 0 Å². The number of nitrogens with one attached hydrogen (secondary N) is 1. The number of hydrogen-bond acceptors (Lipinski definition) is 5. The zero-order valence-electron chi connectivity index (χ0n) is 14.2. The summed E-state index contributed by atoms with van der Waals surface area (Å²) in [6.45, 7) is 0.205. The first-order valence-electron chi connectivity index (χ1n) is 7.96. The van der Waals surface area contributed by atoms with Gasteiger partial charge in [0.1, 0.15) is 5.75 Å². The van der Waals surface area contributed by atoms with Crippen molar-refractivity contribution in [3.63, 3.8) is 0 Å². The molecule has 1 amide bonds. The summed E-state index contributed by atoms with van der Waals surface area (Å²) in [6, 6.07) is 17.2. The number of methoxy groups -OCH3 is 1. The molecule has 0 spiro atoms. The molecular formula is C20H18N2O3S. The van der Waals surface area contributed by atoms with Gasteiger partial charge in [-0.1, -0.05) is 42.5 Å². The van der Waals surface area contributed by atoms with Crippen LogP contribution in [-0.4, -0.2) is 24.8 Å². The third-order valence-electron chi connectivity index (χ3n) is 3.45. The molecule has 0 aliphatic rings. The Morgan fingerprint density at radius 2 is 1.92 bits per heavy atom. The number of rotatable bonds is 7. The first kappa shape index (κ1) is 17.8. The molecule has 26 heavy (non-hydrogen) atoms. The Morgan fingerprint density at radius 3 is 2.65 bits per heavy atom. The van der Waals surface area contributed by atoms with Crippen molar-refractivity contribution in [3.8, 4) is 17.0 Å². The normalized spacial score (nSPS) is 10.8. The zero-order chi connectivity index (χ0) is 18.2. The molecule has 0 atom stereocenters. The SMILES string of the molecule is COCOc1ccc(/C=C/C(=O)Nc2nc(-c3ccccc3)cs2)cc1. The lowest BCUT2D eigenvalue weighted by molar-refractivity contribution is -0.111. The van der Waals surface area contributed by atoms with Gasteiger partial charge in [-0.05, 0) is 23.8 Å². The first-order chi connectivity index (χ1) is 12.7. The Labute approximate surface area is 155 Å². The van der Waals surface area contributed by atoms with E-state index in [4.69, 9.17) is 9.47 Å². The van der Waals surface area contributed by atoms with Crippen LogP contribution in [0.4, 0.5) is 5.13 Å². The highest BCUT2D eigenvalue weighted by atomic mass is 32.1. The molecule has 1 heterocycles. The molecule has 0 aliphatic carbocycles. The smallest absolute Gasteiger partial charge is 0.250 e. The number of ether oxygens (including phenoxy) is 2. The third kappa shape index (κ3) is 5.02. The third-order valence-corrected chi connectivity index (χ3v) is 4.21. The largest absolute Gasteiger partial charge is 0.468 e. The number of anilines is 1. The van der Waals surface area contributed by atoms with Gasteiger partial charge >= 0.3 is 0 Å². The molecule has 0 radical (unpaired) electrons. The van der Waals surface area contributed by atoms with E-state index >= 15 is 0 Å². The summed E-state index contributed by atoms with van der Waals surface area (Å²) >= 11 is 1.40. The van der Waals surface area contributed by atoms with Crippen LogP contribution in [0, 0.1) is 0 Å². The van der Waals surface area contributed by atoms with Crippen LogP contribution >= 0.6 is 11.3 Å². The molecule has 1 aromatic heterocycles. The van der Waals surface area contributed by atoms with Crippen LogP contribution in [0.15, 0.2) is 66.1 Å². The van der Waals surface area contributed by atoms with E-state index in [2.05, 4.69) is 10.3 Å². The van der Waals surface area contributed by atoms with Crippen LogP contribution in [0.25, 0.3) is 17.3 Å². The van der Waals surface area contributed by atoms with Crippen molar-refractivity contribution in [1.29, 1.82) is 0 Å². The molecule has 5 nitrogen and oxygen atoms in total. The Morgan fingerprint density at radius 1 is 1.15 bits per heavy atom. The topological polar surface area (TPSA) is 60.5 Å². The molecule has 2 aromatic carbocycles. The Bertz CT molecular complexity index is 874. The predicted octanol–water partition coefficient (Wildman–Crippen LogP) is 4.44. The Balaban J connectivity index is 1.57. The van der Waals surface area contributed by atoms with Gasteiger partial charge in [0, 0.05) is 24.1 Å². The number of thiazole rings is 1. The van der Waals surface area contributed by atoms with E-state index in [9.17, 15) is 4.79 Å². The zero-order valence-corrected chi connectivity index (χ0v) is 15.0. The number of nitrogens with zero attached hydrogens (tertiary/aromatic N) is 1. The summed E-state index contributed by atoms with van der Waals surface area (Å²) in [5.74, 6) is 0.489. The number of carbonyl (C=O) groups is 1. The minimum absolute atomic E-state index is 0.205. The van der Waals surface area contributed by atoms with Crippen LogP contribution in [0.3, 0.4) is 0 Å². The van der Waals surface area contributed by atoms with Crippen molar-refractivity contribution in [1.82, 2.24) is 4.98 Å². The van der Waals surface area contributed by atoms with E-state index in [1.165, 1.54) is 17.4 Å². The first-order valence-corrected chi connectivity index (χ1v) is 8.84. The second kappa shape index (κ2) is 8.94. The fraction of sp³-hybridized carbons (Fsp3) is 0.100. The second-order valence-corrected chi connectivity index (χ2v) is 6.20. The van der Waals surface area contributed by atoms with Crippen LogP contribution < -0.4 is 10.1 Å². The quantitative estimate of drug-likeness (QED) is 0.496. The second-order valence-electron chi connectivity index (χ2n) is 5.35. The molecule has 0 aliphatic heterocycles. The highest BCUT2D eigenvalue weighted by Gasteiger charge is 2.06. The summed E-state index contributed by atoms with van der Waals surface area (Å²) < 4.78 is 10.2. The van der Waals surface area contributed by atoms with Crippen LogP contribution in [0.5, 0.6) is 5.75 Å². The van der Waals surface area contributed by atoms with E-state index in [1.54, 1.807) is 13.2 Å². The lowest BCUT2D eigenvalue weighted by Gasteiger charge is -2.04. The highest BCUT2D eigenvalue weighted by Crippen LogP contribution is 2.24. The summed E-state index contributed by atoms with van der Waals surface area (Å²) in [7, 11) is 1.57. The molecule has 3 aromatic rings. The van der Waals surface area contributed by atoms with Gasteiger partial charge in [0.15, 0.2) is 11.9 Å². The van der Waals surface area contributed by atoms with Gasteiger partial charge in [-0.15, -0.1) is 11.3 Å². The van der Waals surface area contributed by atoms with E-state index in [0.29, 0.717) is 10.9 Å². The molecule has 6 heteroatoms. The van der Waals surface area contributed by atoms with Gasteiger partial charge in [-0.3, -0.25) is 10.1 Å². The molecule has 0 bridgehead atoms. The maximum atomic E-state index is 12.1. The lowest BCUT2D eigenvalue weighted by atomic mass is 10.2. The summed E-state index contributed by atoms with van der Waals surface area (Å²) in [4.78, 5) is 16.5. The molecule has 0 saturated carbocycles. The monoisotopic (exact) mass is 366 g/mol. The van der Waals surface area contributed by atoms with Crippen LogP contribution in [0.1, 0.15) is 5.56 Å². The van der Waals surface area contributed by atoms with Gasteiger partial charge in [0.05, 0.1) is 5.69 Å². The van der Waals surface area contributed by atoms with Crippen LogP contribution in [-0.2, 0) is 9.53 Å². The highest BCUT2D eigenvalue weighted by molar-refractivity contribution is 7.14. The molecular weight excluding hydrogens is 348 g/mol. The molecule has 3 rings (SSSR count). The minimum atomic E-state index is -0.223. The summed E-state index contributed by atoms with van der Waals surface area (Å²) in [5.41, 5.74) is 2.77. The molecule has 0 unspecified atom stereocenters. The average Bonchev–Trinajstić information content (AvgIpc) is 3.14. The predicted molar refractivity (Wildman–Crippen MR) is 104 cm³/mol. The van der Waals surface area contributed by atoms with Crippen molar-refractivity contribution < 1.29 is 14.3 Å². The van der Waals surface area contributed by atoms with Crippen molar-refractivity contribution >= 4 is 28.5 Å². The van der Waals surface area contributed by atoms with Gasteiger partial charge in [-0.25, -0.2) is 4.98 Å². The van der Waals surface area contributed by atoms with Crippen molar-refractivity contribution in [2.45, 2.75) is 0 Å². The lowest BCUT2D eigenvalue weighted by Crippen LogP contribution is -2.07. The molecule has 0 saturated heterocycles. The van der Waals surface area contributed by atoms with E-state index in [-0.39, 0.29) is 12.7 Å². The fourth-order valence-corrected chi connectivity index (χ4v) is 2.92. The minimum Gasteiger partial charge on any atom is -0.468 e. The van der Waals surface area contributed by atoms with Gasteiger partial charge in [0.25, 0.3) is 0 Å². The fourth-order valence-electron chi connectivity index (χ4n) is 2.19. The van der Waals surface area contributed by atoms with E-state index in [0.717, 1.165) is 16.8 Å². The number of hydrogen-bond donors (Lipinski definition) is 1. The maximum absolute atomic E-state index is 12.1. The average molecular weight is 366 g/mol. The molecule has 0 fully saturated rings. The van der Waals surface area contributed by atoms with Gasteiger partial charge in [0.2, 0.25) is 5.91 Å². The van der Waals surface area contributed by atoms with Crippen molar-refractivity contribution in [3.05, 3.63) is 71.6 Å². The molecule has 1 N–H and O–H groups in total. The number of carbonyl (C=O) groups excluding carboxylic acids is 1. The standard InChI is InChI=1S/C20H18N2O3S/c1-24-14-25-17-10-7-15(8-11-17)9-12-19(23)22-20-21-18(13-26-20)16-5-3-2-4-6-16/h2-13H,14H2,1H3,(H,21,22,23)/b12-9+. The molecule has 132 valence electrons. The summed E-state index contributed by atoms with van der Waals surface area (Å²) in [5, 5.41) is 5.28. The maximum Gasteiger partial charge on any atom is 0.250 e. The summed E-state index contributed by atoms with van der Waals surface area (Å²) in [6.07, 6.45) is 3.22. The Kier molecular flexibility index (Phi) is 6.14. The van der Waals surface area contributed by atoms with E-state index in [1.807, 2.05) is 60.0 Å². The number of aromatic nitrogens is 1. The number of benzene rings is 2. The van der Waals surface area contributed by atoms with Crippen molar-refractivity contribution in [2.24, 2.45) is 0 Å². The Hall–Kier alpha value is -2.96.